The summed E-state index contributed by atoms with van der Waals surface area (Å²) in [6.07, 6.45) is 0.607. The maximum Gasteiger partial charge on any atom is 0.319 e. The van der Waals surface area contributed by atoms with Gasteiger partial charge in [-0.05, 0) is 24.1 Å². The number of amides is 2. The summed E-state index contributed by atoms with van der Waals surface area (Å²) in [6, 6.07) is 6.77. The molecule has 96 valence electrons. The Bertz CT molecular complexity index is 443. The fraction of sp³-hybridized carbons (Fsp3) is 0.364. The Labute approximate surface area is 105 Å². The molecule has 0 spiro atoms. The van der Waals surface area contributed by atoms with Crippen molar-refractivity contribution < 1.29 is 9.53 Å². The molecule has 0 aliphatic heterocycles. The molecule has 0 aliphatic carbocycles. The van der Waals surface area contributed by atoms with Gasteiger partial charge in [0.2, 0.25) is 0 Å². The second kappa shape index (κ2) is 7.81. The van der Waals surface area contributed by atoms with Gasteiger partial charge in [-0.25, -0.2) is 4.79 Å². The maximum absolute atomic E-state index is 11.5. The molecule has 7 heteroatoms. The smallest absolute Gasteiger partial charge is 0.319 e. The van der Waals surface area contributed by atoms with Gasteiger partial charge in [-0.1, -0.05) is 11.2 Å². The molecular weight excluding hydrogens is 234 g/mol. The quantitative estimate of drug-likeness (QED) is 0.350. The maximum atomic E-state index is 11.5. The van der Waals surface area contributed by atoms with Gasteiger partial charge in [0.05, 0.1) is 7.11 Å². The van der Waals surface area contributed by atoms with Crippen LogP contribution < -0.4 is 15.4 Å². The van der Waals surface area contributed by atoms with E-state index in [0.29, 0.717) is 30.9 Å². The molecule has 0 aromatic heterocycles. The van der Waals surface area contributed by atoms with Crippen LogP contribution in [0.15, 0.2) is 29.4 Å². The van der Waals surface area contributed by atoms with Crippen LogP contribution in [0.2, 0.25) is 0 Å². The number of rotatable bonds is 6. The molecule has 2 amide bonds. The Morgan fingerprint density at radius 3 is 3.11 bits per heavy atom. The van der Waals surface area contributed by atoms with Gasteiger partial charge in [-0.3, -0.25) is 0 Å². The summed E-state index contributed by atoms with van der Waals surface area (Å²) in [7, 11) is 1.56. The first-order valence-electron chi connectivity index (χ1n) is 5.46. The molecule has 0 unspecified atom stereocenters. The topological polar surface area (TPSA) is 99.1 Å². The number of azide groups is 1. The lowest BCUT2D eigenvalue weighted by molar-refractivity contribution is 0.252. The standard InChI is InChI=1S/C11H15N5O2/c1-18-10-5-2-4-9(8-10)15-11(17)13-6-3-7-14-16-12/h2,4-5,8H,3,6-7H2,1H3,(H2,13,15,17). The van der Waals surface area contributed by atoms with Crippen LogP contribution in [-0.2, 0) is 0 Å². The third-order valence-corrected chi connectivity index (χ3v) is 2.11. The molecule has 0 saturated heterocycles. The number of carbonyl (C=O) groups is 1. The van der Waals surface area contributed by atoms with E-state index in [1.54, 1.807) is 31.4 Å². The summed E-state index contributed by atoms with van der Waals surface area (Å²) in [4.78, 5) is 14.1. The number of urea groups is 1. The summed E-state index contributed by atoms with van der Waals surface area (Å²) in [6.45, 7) is 0.824. The molecule has 0 atom stereocenters. The molecule has 0 bridgehead atoms. The van der Waals surface area contributed by atoms with Crippen LogP contribution in [0.4, 0.5) is 10.5 Å². The average molecular weight is 249 g/mol. The molecule has 7 nitrogen and oxygen atoms in total. The Kier molecular flexibility index (Phi) is 5.93. The van der Waals surface area contributed by atoms with E-state index in [-0.39, 0.29) is 6.03 Å². The molecule has 2 N–H and O–H groups in total. The van der Waals surface area contributed by atoms with Crippen molar-refractivity contribution >= 4 is 11.7 Å². The SMILES string of the molecule is COc1cccc(NC(=O)NCCCN=[N+]=[N-])c1. The second-order valence-electron chi connectivity index (χ2n) is 3.42. The number of nitrogens with zero attached hydrogens (tertiary/aromatic N) is 3. The zero-order valence-corrected chi connectivity index (χ0v) is 10.1. The highest BCUT2D eigenvalue weighted by Crippen LogP contribution is 2.16. The number of nitrogens with one attached hydrogen (secondary N) is 2. The van der Waals surface area contributed by atoms with E-state index in [1.165, 1.54) is 0 Å². The normalized spacial score (nSPS) is 9.17. The van der Waals surface area contributed by atoms with Gasteiger partial charge < -0.3 is 15.4 Å². The van der Waals surface area contributed by atoms with Crippen molar-refractivity contribution in [1.82, 2.24) is 5.32 Å². The van der Waals surface area contributed by atoms with Gasteiger partial charge in [0, 0.05) is 29.8 Å². The minimum absolute atomic E-state index is 0.302. The molecule has 1 rings (SSSR count). The summed E-state index contributed by atoms with van der Waals surface area (Å²) < 4.78 is 5.04. The summed E-state index contributed by atoms with van der Waals surface area (Å²) >= 11 is 0. The van der Waals surface area contributed by atoms with Crippen LogP contribution in [0.5, 0.6) is 5.75 Å². The van der Waals surface area contributed by atoms with E-state index in [9.17, 15) is 4.79 Å². The third-order valence-electron chi connectivity index (χ3n) is 2.11. The lowest BCUT2D eigenvalue weighted by Gasteiger charge is -2.08. The average Bonchev–Trinajstić information content (AvgIpc) is 2.38. The Balaban J connectivity index is 2.32. The number of methoxy groups -OCH3 is 1. The van der Waals surface area contributed by atoms with Gasteiger partial charge in [-0.2, -0.15) is 0 Å². The number of ether oxygens (including phenoxy) is 1. The number of carbonyl (C=O) groups excluding carboxylic acids is 1. The van der Waals surface area contributed by atoms with E-state index in [4.69, 9.17) is 10.3 Å². The Hall–Kier alpha value is -2.40. The zero-order chi connectivity index (χ0) is 13.2. The second-order valence-corrected chi connectivity index (χ2v) is 3.42. The van der Waals surface area contributed by atoms with Gasteiger partial charge in [0.15, 0.2) is 0 Å². The van der Waals surface area contributed by atoms with Gasteiger partial charge in [-0.15, -0.1) is 0 Å². The van der Waals surface area contributed by atoms with Crippen molar-refractivity contribution in [2.45, 2.75) is 6.42 Å². The van der Waals surface area contributed by atoms with Gasteiger partial charge in [0.25, 0.3) is 0 Å². The first-order valence-corrected chi connectivity index (χ1v) is 5.46. The summed E-state index contributed by atoms with van der Waals surface area (Å²) in [5.41, 5.74) is 8.72. The van der Waals surface area contributed by atoms with Crippen LogP contribution in [0, 0.1) is 0 Å². The minimum Gasteiger partial charge on any atom is -0.497 e. The summed E-state index contributed by atoms with van der Waals surface area (Å²) in [5, 5.41) is 8.70. The number of anilines is 1. The lowest BCUT2D eigenvalue weighted by Crippen LogP contribution is -2.29. The van der Waals surface area contributed by atoms with E-state index in [0.717, 1.165) is 0 Å². The van der Waals surface area contributed by atoms with Gasteiger partial charge in [0.1, 0.15) is 5.75 Å². The molecule has 0 fully saturated rings. The first kappa shape index (κ1) is 13.7. The number of hydrogen-bond acceptors (Lipinski definition) is 3. The monoisotopic (exact) mass is 249 g/mol. The highest BCUT2D eigenvalue weighted by atomic mass is 16.5. The van der Waals surface area contributed by atoms with Crippen LogP contribution >= 0.6 is 0 Å². The van der Waals surface area contributed by atoms with Crippen LogP contribution in [0.3, 0.4) is 0 Å². The van der Waals surface area contributed by atoms with Crippen molar-refractivity contribution in [2.24, 2.45) is 5.11 Å². The van der Waals surface area contributed by atoms with Crippen molar-refractivity contribution in [3.8, 4) is 5.75 Å². The predicted octanol–water partition coefficient (Wildman–Crippen LogP) is 2.52. The van der Waals surface area contributed by atoms with Gasteiger partial charge >= 0.3 is 6.03 Å². The zero-order valence-electron chi connectivity index (χ0n) is 10.1. The highest BCUT2D eigenvalue weighted by molar-refractivity contribution is 5.89. The molecule has 1 aromatic carbocycles. The highest BCUT2D eigenvalue weighted by Gasteiger charge is 2.01. The molecule has 0 aliphatic rings. The predicted molar refractivity (Wildman–Crippen MR) is 68.6 cm³/mol. The molecule has 18 heavy (non-hydrogen) atoms. The number of hydrogen-bond donors (Lipinski definition) is 2. The summed E-state index contributed by atoms with van der Waals surface area (Å²) in [5.74, 6) is 0.677. The van der Waals surface area contributed by atoms with Crippen molar-refractivity contribution in [2.75, 3.05) is 25.5 Å². The fourth-order valence-corrected chi connectivity index (χ4v) is 1.27. The van der Waals surface area contributed by atoms with Crippen LogP contribution in [0.1, 0.15) is 6.42 Å². The van der Waals surface area contributed by atoms with E-state index in [1.807, 2.05) is 0 Å². The van der Waals surface area contributed by atoms with Crippen LogP contribution in [0.25, 0.3) is 10.4 Å². The molecule has 0 saturated carbocycles. The third kappa shape index (κ3) is 5.09. The van der Waals surface area contributed by atoms with E-state index in [2.05, 4.69) is 20.7 Å². The van der Waals surface area contributed by atoms with Crippen molar-refractivity contribution in [1.29, 1.82) is 0 Å². The Morgan fingerprint density at radius 2 is 2.39 bits per heavy atom. The first-order chi connectivity index (χ1) is 8.76. The number of benzene rings is 1. The fourth-order valence-electron chi connectivity index (χ4n) is 1.27. The van der Waals surface area contributed by atoms with Crippen molar-refractivity contribution in [3.63, 3.8) is 0 Å². The minimum atomic E-state index is -0.302. The lowest BCUT2D eigenvalue weighted by atomic mass is 10.3. The largest absolute Gasteiger partial charge is 0.497 e. The van der Waals surface area contributed by atoms with Crippen molar-refractivity contribution in [3.05, 3.63) is 34.7 Å². The molecule has 0 radical (unpaired) electrons. The molecular formula is C11H15N5O2. The van der Waals surface area contributed by atoms with E-state index < -0.39 is 0 Å². The van der Waals surface area contributed by atoms with E-state index >= 15 is 0 Å². The van der Waals surface area contributed by atoms with Crippen LogP contribution in [-0.4, -0.2) is 26.2 Å². The Morgan fingerprint density at radius 1 is 1.56 bits per heavy atom. The molecule has 1 aromatic rings. The molecule has 0 heterocycles.